The van der Waals surface area contributed by atoms with Crippen LogP contribution in [0.3, 0.4) is 0 Å². The maximum absolute atomic E-state index is 5.24. The summed E-state index contributed by atoms with van der Waals surface area (Å²) in [5.41, 5.74) is 5.68. The van der Waals surface area contributed by atoms with Gasteiger partial charge < -0.3 is 9.84 Å². The lowest BCUT2D eigenvalue weighted by Gasteiger charge is -2.12. The van der Waals surface area contributed by atoms with Crippen molar-refractivity contribution < 1.29 is 4.52 Å². The standard InChI is InChI=1S/C20H23N5O/c1-13-16(14(2)26-25-13)6-4-10-22-20-17-5-3-7-18(17)23-19(24-20)15-8-11-21-12-9-15/h8-9,11-12H,3-7,10H2,1-2H3,(H,22,23,24). The third-order valence-corrected chi connectivity index (χ3v) is 4.95. The van der Waals surface area contributed by atoms with Gasteiger partial charge in [0.05, 0.1) is 5.69 Å². The summed E-state index contributed by atoms with van der Waals surface area (Å²) in [6, 6.07) is 3.91. The summed E-state index contributed by atoms with van der Waals surface area (Å²) in [6.07, 6.45) is 8.76. The number of hydrogen-bond acceptors (Lipinski definition) is 6. The van der Waals surface area contributed by atoms with E-state index in [-0.39, 0.29) is 0 Å². The summed E-state index contributed by atoms with van der Waals surface area (Å²) in [5.74, 6) is 2.68. The highest BCUT2D eigenvalue weighted by Crippen LogP contribution is 2.29. The van der Waals surface area contributed by atoms with E-state index in [2.05, 4.69) is 15.5 Å². The molecule has 0 saturated carbocycles. The third kappa shape index (κ3) is 3.31. The predicted molar refractivity (Wildman–Crippen MR) is 100 cm³/mol. The Kier molecular flexibility index (Phi) is 4.65. The first-order valence-corrected chi connectivity index (χ1v) is 9.18. The van der Waals surface area contributed by atoms with E-state index in [0.29, 0.717) is 0 Å². The van der Waals surface area contributed by atoms with Gasteiger partial charge in [-0.1, -0.05) is 5.16 Å². The molecule has 1 aliphatic rings. The minimum Gasteiger partial charge on any atom is -0.370 e. The second-order valence-electron chi connectivity index (χ2n) is 6.74. The fourth-order valence-electron chi connectivity index (χ4n) is 3.54. The molecule has 3 aromatic heterocycles. The topological polar surface area (TPSA) is 76.7 Å². The fraction of sp³-hybridized carbons (Fsp3) is 0.400. The molecule has 0 fully saturated rings. The first-order valence-electron chi connectivity index (χ1n) is 9.18. The van der Waals surface area contributed by atoms with E-state index in [1.807, 2.05) is 26.0 Å². The number of nitrogens with zero attached hydrogens (tertiary/aromatic N) is 4. The summed E-state index contributed by atoms with van der Waals surface area (Å²) in [7, 11) is 0. The van der Waals surface area contributed by atoms with Gasteiger partial charge in [0, 0.05) is 41.3 Å². The zero-order valence-electron chi connectivity index (χ0n) is 15.2. The molecule has 0 aromatic carbocycles. The predicted octanol–water partition coefficient (Wildman–Crippen LogP) is 3.68. The Labute approximate surface area is 153 Å². The van der Waals surface area contributed by atoms with E-state index in [0.717, 1.165) is 67.3 Å². The monoisotopic (exact) mass is 349 g/mol. The van der Waals surface area contributed by atoms with Gasteiger partial charge in [-0.05, 0) is 58.1 Å². The summed E-state index contributed by atoms with van der Waals surface area (Å²) < 4.78 is 5.24. The van der Waals surface area contributed by atoms with Gasteiger partial charge in [0.1, 0.15) is 11.6 Å². The van der Waals surface area contributed by atoms with Gasteiger partial charge in [-0.15, -0.1) is 0 Å². The second kappa shape index (κ2) is 7.23. The van der Waals surface area contributed by atoms with Crippen molar-refractivity contribution in [3.63, 3.8) is 0 Å². The molecule has 1 aliphatic carbocycles. The van der Waals surface area contributed by atoms with Crippen molar-refractivity contribution in [1.29, 1.82) is 0 Å². The maximum Gasteiger partial charge on any atom is 0.161 e. The van der Waals surface area contributed by atoms with Crippen molar-refractivity contribution >= 4 is 5.82 Å². The van der Waals surface area contributed by atoms with E-state index >= 15 is 0 Å². The molecule has 0 radical (unpaired) electrons. The van der Waals surface area contributed by atoms with E-state index in [1.54, 1.807) is 12.4 Å². The van der Waals surface area contributed by atoms with Crippen LogP contribution >= 0.6 is 0 Å². The largest absolute Gasteiger partial charge is 0.370 e. The number of anilines is 1. The molecule has 0 amide bonds. The lowest BCUT2D eigenvalue weighted by Crippen LogP contribution is -2.09. The highest BCUT2D eigenvalue weighted by molar-refractivity contribution is 5.60. The number of rotatable bonds is 6. The summed E-state index contributed by atoms with van der Waals surface area (Å²) in [5, 5.41) is 7.56. The molecule has 0 spiro atoms. The van der Waals surface area contributed by atoms with E-state index in [1.165, 1.54) is 16.8 Å². The quantitative estimate of drug-likeness (QED) is 0.684. The van der Waals surface area contributed by atoms with Crippen LogP contribution in [-0.4, -0.2) is 26.7 Å². The molecule has 0 aliphatic heterocycles. The van der Waals surface area contributed by atoms with Gasteiger partial charge in [0.2, 0.25) is 0 Å². The molecule has 134 valence electrons. The van der Waals surface area contributed by atoms with Crippen LogP contribution in [0.15, 0.2) is 29.0 Å². The van der Waals surface area contributed by atoms with Crippen molar-refractivity contribution in [2.45, 2.75) is 46.0 Å². The van der Waals surface area contributed by atoms with E-state index in [9.17, 15) is 0 Å². The Bertz CT molecular complexity index is 885. The third-order valence-electron chi connectivity index (χ3n) is 4.95. The molecule has 0 bridgehead atoms. The average molecular weight is 349 g/mol. The van der Waals surface area contributed by atoms with Crippen molar-refractivity contribution in [2.75, 3.05) is 11.9 Å². The molecule has 6 nitrogen and oxygen atoms in total. The molecule has 26 heavy (non-hydrogen) atoms. The fourth-order valence-corrected chi connectivity index (χ4v) is 3.54. The van der Waals surface area contributed by atoms with Gasteiger partial charge in [0.25, 0.3) is 0 Å². The van der Waals surface area contributed by atoms with Crippen LogP contribution in [0.4, 0.5) is 5.82 Å². The number of nitrogens with one attached hydrogen (secondary N) is 1. The molecular formula is C20H23N5O. The molecule has 0 saturated heterocycles. The van der Waals surface area contributed by atoms with Crippen LogP contribution in [0, 0.1) is 13.8 Å². The lowest BCUT2D eigenvalue weighted by molar-refractivity contribution is 0.392. The molecule has 0 atom stereocenters. The maximum atomic E-state index is 5.24. The number of aromatic nitrogens is 4. The Morgan fingerprint density at radius 2 is 1.96 bits per heavy atom. The Morgan fingerprint density at radius 3 is 2.73 bits per heavy atom. The minimum atomic E-state index is 0.779. The highest BCUT2D eigenvalue weighted by Gasteiger charge is 2.19. The van der Waals surface area contributed by atoms with Crippen molar-refractivity contribution in [3.05, 3.63) is 52.8 Å². The van der Waals surface area contributed by atoms with Gasteiger partial charge in [-0.2, -0.15) is 0 Å². The smallest absolute Gasteiger partial charge is 0.161 e. The van der Waals surface area contributed by atoms with Gasteiger partial charge in [-0.25, -0.2) is 9.97 Å². The Balaban J connectivity index is 1.48. The minimum absolute atomic E-state index is 0.779. The van der Waals surface area contributed by atoms with Crippen molar-refractivity contribution in [3.8, 4) is 11.4 Å². The first kappa shape index (κ1) is 16.7. The van der Waals surface area contributed by atoms with Crippen LogP contribution in [0.25, 0.3) is 11.4 Å². The average Bonchev–Trinajstić information content (AvgIpc) is 3.26. The van der Waals surface area contributed by atoms with Gasteiger partial charge >= 0.3 is 0 Å². The lowest BCUT2D eigenvalue weighted by atomic mass is 10.1. The van der Waals surface area contributed by atoms with E-state index in [4.69, 9.17) is 14.5 Å². The van der Waals surface area contributed by atoms with Crippen LogP contribution in [-0.2, 0) is 19.3 Å². The SMILES string of the molecule is Cc1noc(C)c1CCCNc1nc(-c2ccncc2)nc2c1CCC2. The van der Waals surface area contributed by atoms with Gasteiger partial charge in [-0.3, -0.25) is 4.98 Å². The molecular weight excluding hydrogens is 326 g/mol. The Hall–Kier alpha value is -2.76. The first-order chi connectivity index (χ1) is 12.7. The molecule has 6 heteroatoms. The molecule has 4 rings (SSSR count). The van der Waals surface area contributed by atoms with Crippen LogP contribution < -0.4 is 5.32 Å². The second-order valence-corrected chi connectivity index (χ2v) is 6.74. The van der Waals surface area contributed by atoms with Crippen LogP contribution in [0.1, 0.15) is 41.1 Å². The summed E-state index contributed by atoms with van der Waals surface area (Å²) in [4.78, 5) is 13.7. The van der Waals surface area contributed by atoms with Crippen LogP contribution in [0.2, 0.25) is 0 Å². The number of hydrogen-bond donors (Lipinski definition) is 1. The normalized spacial score (nSPS) is 13.0. The van der Waals surface area contributed by atoms with E-state index < -0.39 is 0 Å². The van der Waals surface area contributed by atoms with Gasteiger partial charge in [0.15, 0.2) is 5.82 Å². The van der Waals surface area contributed by atoms with Crippen molar-refractivity contribution in [2.24, 2.45) is 0 Å². The molecule has 0 unspecified atom stereocenters. The molecule has 1 N–H and O–H groups in total. The highest BCUT2D eigenvalue weighted by atomic mass is 16.5. The van der Waals surface area contributed by atoms with Crippen LogP contribution in [0.5, 0.6) is 0 Å². The Morgan fingerprint density at radius 1 is 1.12 bits per heavy atom. The zero-order chi connectivity index (χ0) is 17.9. The van der Waals surface area contributed by atoms with Crippen molar-refractivity contribution in [1.82, 2.24) is 20.1 Å². The summed E-state index contributed by atoms with van der Waals surface area (Å²) in [6.45, 7) is 4.84. The molecule has 3 aromatic rings. The summed E-state index contributed by atoms with van der Waals surface area (Å²) >= 11 is 0. The zero-order valence-corrected chi connectivity index (χ0v) is 15.2. The number of fused-ring (bicyclic) bond motifs is 1. The number of pyridine rings is 1. The number of aryl methyl sites for hydroxylation is 3. The molecule has 3 heterocycles.